The molecule has 110 heavy (non-hydrogen) atoms. The molecule has 1 amide bonds. The van der Waals surface area contributed by atoms with Gasteiger partial charge in [-0.1, -0.05) is 48.5 Å². The van der Waals surface area contributed by atoms with E-state index in [-0.39, 0.29) is 30.7 Å². The van der Waals surface area contributed by atoms with Crippen molar-refractivity contribution >= 4 is 74.5 Å². The van der Waals surface area contributed by atoms with Crippen LogP contribution in [-0.2, 0) is 24.5 Å². The molecule has 0 fully saturated rings. The number of carbonyl (C=O) groups is 1. The smallest absolute Gasteiger partial charge is 0.221 e. The van der Waals surface area contributed by atoms with E-state index in [0.717, 1.165) is 91.3 Å². The Hall–Kier alpha value is -14.4. The van der Waals surface area contributed by atoms with Crippen LogP contribution in [0.1, 0.15) is 30.8 Å². The van der Waals surface area contributed by atoms with Gasteiger partial charge in [-0.15, -0.1) is 0 Å². The van der Waals surface area contributed by atoms with E-state index in [1.807, 2.05) is 194 Å². The Balaban J connectivity index is 0.000000129. The van der Waals surface area contributed by atoms with Gasteiger partial charge in [0.15, 0.2) is 57.4 Å². The van der Waals surface area contributed by atoms with Gasteiger partial charge >= 0.3 is 0 Å². The summed E-state index contributed by atoms with van der Waals surface area (Å²) >= 11 is 0. The molecule has 0 aliphatic rings. The molecule has 8 N–H and O–H groups in total. The lowest BCUT2D eigenvalue weighted by atomic mass is 10.1. The molecule has 16 rings (SSSR count). The summed E-state index contributed by atoms with van der Waals surface area (Å²) in [5.74, 6) is 3.96. The summed E-state index contributed by atoms with van der Waals surface area (Å²) in [5, 5.41) is 44.4. The molecule has 0 saturated carbocycles. The highest BCUT2D eigenvalue weighted by atomic mass is 19.1. The van der Waals surface area contributed by atoms with E-state index in [1.165, 1.54) is 13.0 Å². The van der Waals surface area contributed by atoms with Crippen molar-refractivity contribution in [2.75, 3.05) is 72.5 Å². The topological polar surface area (TPSA) is 315 Å². The minimum Gasteiger partial charge on any atom is -0.508 e. The predicted molar refractivity (Wildman–Crippen MR) is 423 cm³/mol. The number of benzene rings is 6. The summed E-state index contributed by atoms with van der Waals surface area (Å²) in [5.41, 5.74) is 14.8. The molecule has 554 valence electrons. The number of aromatic nitrogens is 14. The highest BCUT2D eigenvalue weighted by Crippen LogP contribution is 2.41. The Morgan fingerprint density at radius 2 is 0.927 bits per heavy atom. The van der Waals surface area contributed by atoms with Crippen LogP contribution in [0.3, 0.4) is 0 Å². The zero-order chi connectivity index (χ0) is 76.3. The van der Waals surface area contributed by atoms with Crippen LogP contribution in [-0.4, -0.2) is 130 Å². The molecule has 0 aliphatic carbocycles. The monoisotopic (exact) mass is 1470 g/mol. The fraction of sp³-hybridized carbons (Fsp3) is 0.134. The number of amides is 1. The molecular weight excluding hydrogens is 1400 g/mol. The molecule has 0 atom stereocenters. The number of imidazole rings is 4. The van der Waals surface area contributed by atoms with Crippen LogP contribution in [0.25, 0.3) is 67.6 Å². The Bertz CT molecular complexity index is 5730. The molecule has 0 spiro atoms. The van der Waals surface area contributed by atoms with E-state index in [2.05, 4.69) is 73.3 Å². The standard InChI is InChI=1S/C23H25N5O2.C21H21N5O3.C20H17N5O2.C18H14FN5/c1-2-27(13-14-29)19-9-7-18(8-10-19)25-22-23-24-11-12-28(23)15-21(26-22)20-6-4-3-5-17(20)16-30;1-27-17-10-14(11-18(28-2)19(17)29-3)16-13-26-9-8-23-21(26)20(25-16)24-12-15-6-4-5-7-22-15;1-13(26)22-15-4-6-16(7-5-15)23-19-20-21-10-11-25(20)12-18(24-19)14-2-8-17(27)9-3-14;19-15-7-2-1-6-14(15)16-12-24-10-9-21-18(24)17(23-16)22-11-13-5-3-4-8-20-13/h3-12,15,29-30H,2,13-14,16H2,1H3,(H,25,26);4-11,13H,12H2,1-3H3,(H,24,25);2-12,27H,1H3,(H,22,26)(H,23,24);1-10,12H,11H2,(H,22,23). The van der Waals surface area contributed by atoms with Crippen molar-refractivity contribution in [1.29, 1.82) is 0 Å². The lowest BCUT2D eigenvalue weighted by molar-refractivity contribution is -0.114. The number of hydrogen-bond donors (Lipinski definition) is 8. The molecular formula is C82H77FN20O7. The lowest BCUT2D eigenvalue weighted by Gasteiger charge is -2.22. The number of methoxy groups -OCH3 is 3. The normalized spacial score (nSPS) is 10.8. The van der Waals surface area contributed by atoms with E-state index >= 15 is 0 Å². The molecule has 0 radical (unpaired) electrons. The molecule has 6 aromatic carbocycles. The van der Waals surface area contributed by atoms with Gasteiger partial charge in [0, 0.05) is 152 Å². The SMILES string of the molecule is CC(=O)Nc1ccc(Nc2nc(-c3ccc(O)cc3)cn3ccnc23)cc1.CCN(CCO)c1ccc(Nc2nc(-c3ccccc3CO)cn3ccnc23)cc1.COc1cc(-c2cn3ccnc3c(NCc3ccccn3)n2)cc(OC)c1OC.Fc1ccccc1-c1cn2ccnc2c(NCc2ccccn2)n1. The number of hydrogen-bond acceptors (Lipinski definition) is 22. The van der Waals surface area contributed by atoms with Crippen molar-refractivity contribution < 1.29 is 38.7 Å². The first kappa shape index (κ1) is 73.9. The lowest BCUT2D eigenvalue weighted by Crippen LogP contribution is -2.25. The van der Waals surface area contributed by atoms with E-state index in [4.69, 9.17) is 29.2 Å². The Labute approximate surface area is 631 Å². The van der Waals surface area contributed by atoms with Gasteiger partial charge in [0.25, 0.3) is 0 Å². The molecule has 27 nitrogen and oxygen atoms in total. The Morgan fingerprint density at radius 3 is 1.41 bits per heavy atom. The van der Waals surface area contributed by atoms with Crippen LogP contribution in [0.4, 0.5) is 50.4 Å². The number of fused-ring (bicyclic) bond motifs is 4. The molecule has 28 heteroatoms. The minimum absolute atomic E-state index is 0.0498. The van der Waals surface area contributed by atoms with Gasteiger partial charge in [0.2, 0.25) is 11.7 Å². The van der Waals surface area contributed by atoms with Gasteiger partial charge in [-0.3, -0.25) is 14.8 Å². The highest BCUT2D eigenvalue weighted by Gasteiger charge is 2.20. The van der Waals surface area contributed by atoms with E-state index in [1.54, 1.807) is 95.0 Å². The van der Waals surface area contributed by atoms with Crippen molar-refractivity contribution in [2.45, 2.75) is 33.5 Å². The fourth-order valence-corrected chi connectivity index (χ4v) is 11.9. The summed E-state index contributed by atoms with van der Waals surface area (Å²) in [6.45, 7) is 6.09. The molecule has 0 saturated heterocycles. The van der Waals surface area contributed by atoms with E-state index in [0.29, 0.717) is 82.7 Å². The first-order valence-corrected chi connectivity index (χ1v) is 34.9. The number of ether oxygens (including phenoxy) is 3. The maximum absolute atomic E-state index is 14.1. The Kier molecular flexibility index (Phi) is 23.6. The van der Waals surface area contributed by atoms with Crippen LogP contribution in [0, 0.1) is 5.82 Å². The number of phenolic OH excluding ortho intramolecular Hbond substituents is 1. The van der Waals surface area contributed by atoms with Gasteiger partial charge in [-0.25, -0.2) is 44.3 Å². The van der Waals surface area contributed by atoms with Crippen LogP contribution < -0.4 is 45.7 Å². The van der Waals surface area contributed by atoms with Crippen LogP contribution in [0.15, 0.2) is 257 Å². The summed E-state index contributed by atoms with van der Waals surface area (Å²) in [4.78, 5) is 58.2. The molecule has 0 unspecified atom stereocenters. The number of nitrogens with zero attached hydrogens (tertiary/aromatic N) is 15. The van der Waals surface area contributed by atoms with Crippen LogP contribution in [0.5, 0.6) is 23.0 Å². The number of phenols is 1. The first-order chi connectivity index (χ1) is 53.8. The molecule has 16 aromatic rings. The first-order valence-electron chi connectivity index (χ1n) is 34.9. The van der Waals surface area contributed by atoms with Crippen molar-refractivity contribution in [2.24, 2.45) is 0 Å². The quantitative estimate of drug-likeness (QED) is 0.0295. The molecule has 0 aliphatic heterocycles. The van der Waals surface area contributed by atoms with Crippen molar-refractivity contribution in [1.82, 2.24) is 67.4 Å². The third kappa shape index (κ3) is 17.8. The number of aliphatic hydroxyl groups excluding tert-OH is 2. The van der Waals surface area contributed by atoms with Crippen molar-refractivity contribution in [3.05, 3.63) is 279 Å². The second kappa shape index (κ2) is 35.1. The third-order valence-corrected chi connectivity index (χ3v) is 17.3. The number of nitrogens with one attached hydrogen (secondary N) is 5. The van der Waals surface area contributed by atoms with Gasteiger partial charge in [-0.2, -0.15) is 0 Å². The largest absolute Gasteiger partial charge is 0.508 e. The van der Waals surface area contributed by atoms with E-state index in [9.17, 15) is 24.5 Å². The molecule has 0 bridgehead atoms. The minimum atomic E-state index is -0.305. The average Bonchev–Trinajstić information content (AvgIpc) is 1.35. The summed E-state index contributed by atoms with van der Waals surface area (Å²) in [7, 11) is 4.76. The van der Waals surface area contributed by atoms with E-state index < -0.39 is 0 Å². The Morgan fingerprint density at radius 1 is 0.482 bits per heavy atom. The van der Waals surface area contributed by atoms with Crippen molar-refractivity contribution in [3.63, 3.8) is 0 Å². The van der Waals surface area contributed by atoms with Gasteiger partial charge in [-0.05, 0) is 134 Å². The molecule has 10 aromatic heterocycles. The number of aromatic hydroxyl groups is 1. The number of carbonyl (C=O) groups excluding carboxylic acids is 1. The van der Waals surface area contributed by atoms with Gasteiger partial charge < -0.3 is 78.6 Å². The summed E-state index contributed by atoms with van der Waals surface area (Å²) in [6, 6.07) is 51.8. The maximum atomic E-state index is 14.1. The predicted octanol–water partition coefficient (Wildman–Crippen LogP) is 14.2. The number of halogens is 1. The zero-order valence-electron chi connectivity index (χ0n) is 60.6. The number of rotatable bonds is 23. The molecule has 10 heterocycles. The number of anilines is 8. The zero-order valence-corrected chi connectivity index (χ0v) is 60.6. The van der Waals surface area contributed by atoms with Crippen LogP contribution >= 0.6 is 0 Å². The number of pyridine rings is 2. The third-order valence-electron chi connectivity index (χ3n) is 17.3. The second-order valence-corrected chi connectivity index (χ2v) is 24.5. The highest BCUT2D eigenvalue weighted by molar-refractivity contribution is 5.89. The summed E-state index contributed by atoms with van der Waals surface area (Å²) < 4.78 is 38.0. The number of aliphatic hydroxyl groups is 2. The van der Waals surface area contributed by atoms with Crippen molar-refractivity contribution in [3.8, 4) is 68.0 Å². The average molecular weight is 1470 g/mol. The van der Waals surface area contributed by atoms with Gasteiger partial charge in [0.1, 0.15) is 11.6 Å². The fourth-order valence-electron chi connectivity index (χ4n) is 11.9. The summed E-state index contributed by atoms with van der Waals surface area (Å²) in [6.07, 6.45) is 25.3. The number of likely N-dealkylation sites (N-methyl/N-ethyl adjacent to an activating group) is 1. The second-order valence-electron chi connectivity index (χ2n) is 24.5. The van der Waals surface area contributed by atoms with Crippen LogP contribution in [0.2, 0.25) is 0 Å². The van der Waals surface area contributed by atoms with Gasteiger partial charge in [0.05, 0.1) is 81.8 Å². The maximum Gasteiger partial charge on any atom is 0.221 e.